The van der Waals surface area contributed by atoms with Gasteiger partial charge in [-0.15, -0.1) is 0 Å². The highest BCUT2D eigenvalue weighted by molar-refractivity contribution is 7.89. The van der Waals surface area contributed by atoms with Gasteiger partial charge in [-0.25, -0.2) is 17.5 Å². The largest absolute Gasteiger partial charge is 0.496 e. The molecular formula is C21H28FN3O3S. The van der Waals surface area contributed by atoms with Crippen LogP contribution in [-0.2, 0) is 10.0 Å². The van der Waals surface area contributed by atoms with Gasteiger partial charge in [-0.2, -0.15) is 0 Å². The van der Waals surface area contributed by atoms with E-state index in [2.05, 4.69) is 14.5 Å². The fraction of sp³-hybridized carbons (Fsp3) is 0.429. The van der Waals surface area contributed by atoms with Crippen LogP contribution in [-0.4, -0.2) is 59.7 Å². The van der Waals surface area contributed by atoms with Gasteiger partial charge in [-0.3, -0.25) is 4.90 Å². The maximum absolute atomic E-state index is 13.1. The molecule has 29 heavy (non-hydrogen) atoms. The molecule has 1 heterocycles. The molecule has 1 N–H and O–H groups in total. The van der Waals surface area contributed by atoms with Gasteiger partial charge in [0.2, 0.25) is 10.0 Å². The molecule has 3 rings (SSSR count). The van der Waals surface area contributed by atoms with E-state index in [0.29, 0.717) is 18.8 Å². The number of rotatable bonds is 7. The Kier molecular flexibility index (Phi) is 6.77. The number of anilines is 1. The molecule has 0 spiro atoms. The first-order chi connectivity index (χ1) is 13.8. The van der Waals surface area contributed by atoms with Crippen LogP contribution in [0.25, 0.3) is 0 Å². The van der Waals surface area contributed by atoms with Gasteiger partial charge in [-0.05, 0) is 61.4 Å². The van der Waals surface area contributed by atoms with Crippen LogP contribution in [0.15, 0.2) is 41.3 Å². The summed E-state index contributed by atoms with van der Waals surface area (Å²) in [7, 11) is -1.99. The van der Waals surface area contributed by atoms with Crippen LogP contribution < -0.4 is 14.4 Å². The van der Waals surface area contributed by atoms with Crippen LogP contribution in [0.3, 0.4) is 0 Å². The van der Waals surface area contributed by atoms with Crippen molar-refractivity contribution in [3.05, 3.63) is 53.3 Å². The summed E-state index contributed by atoms with van der Waals surface area (Å²) in [6.45, 7) is 7.99. The van der Waals surface area contributed by atoms with Gasteiger partial charge < -0.3 is 9.64 Å². The van der Waals surface area contributed by atoms with Crippen LogP contribution in [0.1, 0.15) is 11.1 Å². The highest BCUT2D eigenvalue weighted by Gasteiger charge is 2.20. The average Bonchev–Trinajstić information content (AvgIpc) is 2.69. The van der Waals surface area contributed by atoms with Crippen molar-refractivity contribution in [2.45, 2.75) is 18.7 Å². The number of ether oxygens (including phenoxy) is 1. The lowest BCUT2D eigenvalue weighted by Gasteiger charge is -2.36. The highest BCUT2D eigenvalue weighted by atomic mass is 32.2. The van der Waals surface area contributed by atoms with E-state index in [1.807, 2.05) is 13.8 Å². The monoisotopic (exact) mass is 421 g/mol. The zero-order chi connectivity index (χ0) is 21.0. The molecule has 0 aromatic heterocycles. The number of benzene rings is 2. The summed E-state index contributed by atoms with van der Waals surface area (Å²) < 4.78 is 46.3. The molecule has 1 fully saturated rings. The predicted molar refractivity (Wildman–Crippen MR) is 113 cm³/mol. The minimum atomic E-state index is -3.57. The molecule has 1 aliphatic rings. The van der Waals surface area contributed by atoms with Crippen molar-refractivity contribution >= 4 is 15.7 Å². The van der Waals surface area contributed by atoms with Crippen molar-refractivity contribution < 1.29 is 17.5 Å². The summed E-state index contributed by atoms with van der Waals surface area (Å²) in [5.41, 5.74) is 2.60. The Morgan fingerprint density at radius 2 is 1.62 bits per heavy atom. The van der Waals surface area contributed by atoms with Gasteiger partial charge in [-0.1, -0.05) is 0 Å². The molecule has 0 saturated carbocycles. The molecule has 8 heteroatoms. The molecule has 0 radical (unpaired) electrons. The quantitative estimate of drug-likeness (QED) is 0.745. The van der Waals surface area contributed by atoms with Gasteiger partial charge >= 0.3 is 0 Å². The van der Waals surface area contributed by atoms with E-state index in [0.717, 1.165) is 43.0 Å². The summed E-state index contributed by atoms with van der Waals surface area (Å²) in [5, 5.41) is 0. The number of halogens is 1. The van der Waals surface area contributed by atoms with E-state index in [-0.39, 0.29) is 10.7 Å². The van der Waals surface area contributed by atoms with Crippen molar-refractivity contribution in [3.8, 4) is 5.75 Å². The van der Waals surface area contributed by atoms with Gasteiger partial charge in [0.25, 0.3) is 0 Å². The Labute approximate surface area is 172 Å². The molecule has 0 unspecified atom stereocenters. The summed E-state index contributed by atoms with van der Waals surface area (Å²) in [4.78, 5) is 4.70. The topological polar surface area (TPSA) is 61.9 Å². The van der Waals surface area contributed by atoms with Crippen LogP contribution in [0.2, 0.25) is 0 Å². The SMILES string of the molecule is COc1c(C)cc(S(=O)(=O)NCCN2CCN(c3ccc(F)cc3)CC2)cc1C. The summed E-state index contributed by atoms with van der Waals surface area (Å²) >= 11 is 0. The second-order valence-corrected chi connectivity index (χ2v) is 9.06. The number of hydrogen-bond donors (Lipinski definition) is 1. The van der Waals surface area contributed by atoms with Crippen LogP contribution >= 0.6 is 0 Å². The first kappa shape index (κ1) is 21.5. The summed E-state index contributed by atoms with van der Waals surface area (Å²) in [6, 6.07) is 9.79. The van der Waals surface area contributed by atoms with E-state index in [1.165, 1.54) is 12.1 Å². The van der Waals surface area contributed by atoms with Crippen molar-refractivity contribution in [3.63, 3.8) is 0 Å². The fourth-order valence-electron chi connectivity index (χ4n) is 3.69. The number of aryl methyl sites for hydroxylation is 2. The molecule has 1 aliphatic heterocycles. The third-order valence-electron chi connectivity index (χ3n) is 5.23. The molecule has 0 amide bonds. The molecule has 158 valence electrons. The van der Waals surface area contributed by atoms with Crippen LogP contribution in [0.4, 0.5) is 10.1 Å². The number of nitrogens with zero attached hydrogens (tertiary/aromatic N) is 2. The number of sulfonamides is 1. The van der Waals surface area contributed by atoms with Crippen molar-refractivity contribution in [1.29, 1.82) is 0 Å². The normalized spacial score (nSPS) is 15.5. The lowest BCUT2D eigenvalue weighted by atomic mass is 10.1. The molecule has 2 aromatic carbocycles. The number of piperazine rings is 1. The Balaban J connectivity index is 1.51. The van der Waals surface area contributed by atoms with Crippen LogP contribution in [0, 0.1) is 19.7 Å². The fourth-order valence-corrected chi connectivity index (χ4v) is 4.88. The molecule has 0 bridgehead atoms. The number of methoxy groups -OCH3 is 1. The maximum atomic E-state index is 13.1. The third kappa shape index (κ3) is 5.26. The second kappa shape index (κ2) is 9.11. The van der Waals surface area contributed by atoms with Crippen molar-refractivity contribution in [2.75, 3.05) is 51.3 Å². The van der Waals surface area contributed by atoms with Crippen molar-refractivity contribution in [1.82, 2.24) is 9.62 Å². The Bertz CT molecular complexity index is 917. The van der Waals surface area contributed by atoms with Crippen molar-refractivity contribution in [2.24, 2.45) is 0 Å². The summed E-state index contributed by atoms with van der Waals surface area (Å²) in [5.74, 6) is 0.477. The van der Waals surface area contributed by atoms with E-state index < -0.39 is 10.0 Å². The van der Waals surface area contributed by atoms with Gasteiger partial charge in [0.1, 0.15) is 11.6 Å². The Morgan fingerprint density at radius 3 is 2.17 bits per heavy atom. The van der Waals surface area contributed by atoms with E-state index in [9.17, 15) is 12.8 Å². The second-order valence-electron chi connectivity index (χ2n) is 7.29. The Morgan fingerprint density at radius 1 is 1.03 bits per heavy atom. The third-order valence-corrected chi connectivity index (χ3v) is 6.67. The molecule has 1 saturated heterocycles. The maximum Gasteiger partial charge on any atom is 0.240 e. The summed E-state index contributed by atoms with van der Waals surface area (Å²) in [6.07, 6.45) is 0. The molecule has 2 aromatic rings. The standard InChI is InChI=1S/C21H28FN3O3S/c1-16-14-20(15-17(2)21(16)28-3)29(26,27)23-8-9-24-10-12-25(13-11-24)19-6-4-18(22)5-7-19/h4-7,14-15,23H,8-13H2,1-3H3. The minimum absolute atomic E-state index is 0.234. The lowest BCUT2D eigenvalue weighted by Crippen LogP contribution is -2.48. The smallest absolute Gasteiger partial charge is 0.240 e. The molecule has 0 aliphatic carbocycles. The van der Waals surface area contributed by atoms with Gasteiger partial charge in [0, 0.05) is 45.0 Å². The molecule has 0 atom stereocenters. The van der Waals surface area contributed by atoms with Crippen LogP contribution in [0.5, 0.6) is 5.75 Å². The van der Waals surface area contributed by atoms with Gasteiger partial charge in [0.15, 0.2) is 0 Å². The molecular weight excluding hydrogens is 393 g/mol. The number of hydrogen-bond acceptors (Lipinski definition) is 5. The molecule has 6 nitrogen and oxygen atoms in total. The first-order valence-corrected chi connectivity index (χ1v) is 11.2. The first-order valence-electron chi connectivity index (χ1n) is 9.68. The average molecular weight is 422 g/mol. The highest BCUT2D eigenvalue weighted by Crippen LogP contribution is 2.26. The predicted octanol–water partition coefficient (Wildman–Crippen LogP) is 2.55. The lowest BCUT2D eigenvalue weighted by molar-refractivity contribution is 0.262. The van der Waals surface area contributed by atoms with E-state index in [1.54, 1.807) is 31.4 Å². The zero-order valence-corrected chi connectivity index (χ0v) is 17.9. The van der Waals surface area contributed by atoms with E-state index >= 15 is 0 Å². The van der Waals surface area contributed by atoms with E-state index in [4.69, 9.17) is 4.74 Å². The zero-order valence-electron chi connectivity index (χ0n) is 17.1. The minimum Gasteiger partial charge on any atom is -0.496 e. The number of nitrogens with one attached hydrogen (secondary N) is 1. The van der Waals surface area contributed by atoms with Gasteiger partial charge in [0.05, 0.1) is 12.0 Å². The Hall–Kier alpha value is -2.16.